The van der Waals surface area contributed by atoms with Crippen molar-refractivity contribution in [1.29, 1.82) is 0 Å². The molecule has 1 aromatic carbocycles. The quantitative estimate of drug-likeness (QED) is 0.534. The van der Waals surface area contributed by atoms with Gasteiger partial charge in [-0.15, -0.1) is 11.3 Å². The van der Waals surface area contributed by atoms with Gasteiger partial charge in [0.25, 0.3) is 0 Å². The maximum absolute atomic E-state index is 12.8. The number of nitrogens with zero attached hydrogens (tertiary/aromatic N) is 2. The number of aryl methyl sites for hydroxylation is 2. The number of sulfone groups is 1. The van der Waals surface area contributed by atoms with Crippen molar-refractivity contribution >= 4 is 27.0 Å². The first-order chi connectivity index (χ1) is 14.2. The van der Waals surface area contributed by atoms with E-state index in [0.717, 1.165) is 27.7 Å². The maximum Gasteiger partial charge on any atom is 0.202 e. The van der Waals surface area contributed by atoms with Crippen molar-refractivity contribution in [2.45, 2.75) is 33.2 Å². The summed E-state index contributed by atoms with van der Waals surface area (Å²) in [6, 6.07) is 9.28. The Morgan fingerprint density at radius 1 is 1.23 bits per heavy atom. The number of hydrogen-bond acceptors (Lipinski definition) is 6. The van der Waals surface area contributed by atoms with E-state index in [2.05, 4.69) is 4.98 Å². The van der Waals surface area contributed by atoms with E-state index in [1.54, 1.807) is 11.3 Å². The summed E-state index contributed by atoms with van der Waals surface area (Å²) in [5.41, 5.74) is 4.31. The van der Waals surface area contributed by atoms with Gasteiger partial charge in [0.05, 0.1) is 11.5 Å². The third-order valence-corrected chi connectivity index (χ3v) is 8.21. The Labute approximate surface area is 180 Å². The average molecular weight is 445 g/mol. The van der Waals surface area contributed by atoms with Crippen LogP contribution < -0.4 is 4.74 Å². The number of hydrogen-bond donors (Lipinski definition) is 0. The highest BCUT2D eigenvalue weighted by molar-refractivity contribution is 7.91. The lowest BCUT2D eigenvalue weighted by molar-refractivity contribution is 0.0920. The normalized spacial score (nSPS) is 17.9. The van der Waals surface area contributed by atoms with Crippen LogP contribution >= 0.6 is 11.3 Å². The van der Waals surface area contributed by atoms with Gasteiger partial charge in [-0.25, -0.2) is 13.4 Å². The fourth-order valence-corrected chi connectivity index (χ4v) is 6.51. The number of thiazole rings is 1. The van der Waals surface area contributed by atoms with Gasteiger partial charge < -0.3 is 9.30 Å². The molecule has 8 heteroatoms. The van der Waals surface area contributed by atoms with Gasteiger partial charge in [-0.1, -0.05) is 0 Å². The molecule has 30 heavy (non-hydrogen) atoms. The van der Waals surface area contributed by atoms with E-state index in [1.165, 1.54) is 0 Å². The molecule has 0 saturated carbocycles. The molecule has 0 bridgehead atoms. The number of benzene rings is 1. The number of rotatable bonds is 6. The van der Waals surface area contributed by atoms with E-state index in [4.69, 9.17) is 4.74 Å². The zero-order valence-corrected chi connectivity index (χ0v) is 18.8. The lowest BCUT2D eigenvalue weighted by atomic mass is 10.1. The second kappa shape index (κ2) is 8.00. The summed E-state index contributed by atoms with van der Waals surface area (Å²) < 4.78 is 31.4. The van der Waals surface area contributed by atoms with Crippen molar-refractivity contribution in [1.82, 2.24) is 9.55 Å². The fourth-order valence-electron chi connectivity index (χ4n) is 4.01. The molecule has 1 aliphatic rings. The van der Waals surface area contributed by atoms with E-state index in [0.29, 0.717) is 17.7 Å². The molecule has 2 aromatic heterocycles. The number of ketones is 1. The molecule has 1 aliphatic heterocycles. The first-order valence-electron chi connectivity index (χ1n) is 9.81. The monoisotopic (exact) mass is 444 g/mol. The van der Waals surface area contributed by atoms with Gasteiger partial charge in [-0.05, 0) is 57.5 Å². The lowest BCUT2D eigenvalue weighted by Crippen LogP contribution is -2.16. The summed E-state index contributed by atoms with van der Waals surface area (Å²) in [7, 11) is -2.99. The minimum absolute atomic E-state index is 0.0665. The predicted octanol–water partition coefficient (Wildman–Crippen LogP) is 4.16. The summed E-state index contributed by atoms with van der Waals surface area (Å²) in [6.07, 6.45) is 0.591. The molecule has 4 rings (SSSR count). The van der Waals surface area contributed by atoms with E-state index >= 15 is 0 Å². The van der Waals surface area contributed by atoms with Crippen molar-refractivity contribution < 1.29 is 17.9 Å². The number of carbonyl (C=O) groups excluding carboxylic acids is 1. The summed E-state index contributed by atoms with van der Waals surface area (Å²) in [6.45, 7) is 5.68. The Hall–Kier alpha value is -2.45. The summed E-state index contributed by atoms with van der Waals surface area (Å²) in [5, 5.41) is 2.96. The van der Waals surface area contributed by atoms with Crippen LogP contribution in [0, 0.1) is 20.8 Å². The van der Waals surface area contributed by atoms with E-state index in [1.807, 2.05) is 61.1 Å². The third-order valence-electron chi connectivity index (χ3n) is 5.45. The predicted molar refractivity (Wildman–Crippen MR) is 118 cm³/mol. The molecule has 0 amide bonds. The second-order valence-electron chi connectivity index (χ2n) is 7.74. The van der Waals surface area contributed by atoms with Crippen LogP contribution in [-0.4, -0.2) is 41.9 Å². The molecular weight excluding hydrogens is 420 g/mol. The lowest BCUT2D eigenvalue weighted by Gasteiger charge is -2.16. The Morgan fingerprint density at radius 2 is 1.97 bits per heavy atom. The van der Waals surface area contributed by atoms with Gasteiger partial charge in [-0.3, -0.25) is 4.79 Å². The molecule has 1 fully saturated rings. The number of carbonyl (C=O) groups is 1. The molecule has 3 aromatic rings. The van der Waals surface area contributed by atoms with Crippen LogP contribution in [0.25, 0.3) is 10.6 Å². The molecule has 0 N–H and O–H groups in total. The molecule has 0 spiro atoms. The first-order valence-corrected chi connectivity index (χ1v) is 12.5. The Bertz CT molecular complexity index is 1190. The Kier molecular flexibility index (Phi) is 5.55. The molecule has 1 atom stereocenters. The Morgan fingerprint density at radius 3 is 2.57 bits per heavy atom. The summed E-state index contributed by atoms with van der Waals surface area (Å²) in [4.78, 5) is 17.2. The molecule has 0 radical (unpaired) electrons. The highest BCUT2D eigenvalue weighted by atomic mass is 32.2. The van der Waals surface area contributed by atoms with Gasteiger partial charge in [-0.2, -0.15) is 0 Å². The van der Waals surface area contributed by atoms with Gasteiger partial charge in [0.1, 0.15) is 10.8 Å². The largest absolute Gasteiger partial charge is 0.485 e. The molecular formula is C22H24N2O4S2. The zero-order chi connectivity index (χ0) is 21.5. The smallest absolute Gasteiger partial charge is 0.202 e. The highest BCUT2D eigenvalue weighted by Gasteiger charge is 2.31. The molecule has 0 unspecified atom stereocenters. The number of ether oxygens (including phenoxy) is 1. The van der Waals surface area contributed by atoms with Gasteiger partial charge >= 0.3 is 0 Å². The van der Waals surface area contributed by atoms with Crippen LogP contribution in [-0.2, 0) is 9.84 Å². The van der Waals surface area contributed by atoms with Crippen LogP contribution in [0.1, 0.15) is 39.9 Å². The molecule has 158 valence electrons. The Balaban J connectivity index is 1.44. The van der Waals surface area contributed by atoms with Crippen molar-refractivity contribution in [3.63, 3.8) is 0 Å². The molecule has 6 nitrogen and oxygen atoms in total. The van der Waals surface area contributed by atoms with Gasteiger partial charge in [0.15, 0.2) is 16.4 Å². The summed E-state index contributed by atoms with van der Waals surface area (Å²) in [5.74, 6) is 0.849. The summed E-state index contributed by atoms with van der Waals surface area (Å²) >= 11 is 1.59. The second-order valence-corrected chi connectivity index (χ2v) is 10.8. The molecule has 1 saturated heterocycles. The molecule has 3 heterocycles. The van der Waals surface area contributed by atoms with Gasteiger partial charge in [0.2, 0.25) is 5.78 Å². The van der Waals surface area contributed by atoms with Crippen LogP contribution in [0.3, 0.4) is 0 Å². The van der Waals surface area contributed by atoms with Crippen molar-refractivity contribution in [2.75, 3.05) is 18.1 Å². The third kappa shape index (κ3) is 4.20. The van der Waals surface area contributed by atoms with Crippen molar-refractivity contribution in [2.24, 2.45) is 0 Å². The topological polar surface area (TPSA) is 78.3 Å². The van der Waals surface area contributed by atoms with Crippen molar-refractivity contribution in [3.8, 4) is 16.3 Å². The van der Waals surface area contributed by atoms with Crippen molar-refractivity contribution in [3.05, 3.63) is 58.4 Å². The minimum Gasteiger partial charge on any atom is -0.485 e. The standard InChI is InChI=1S/C22H24N2O4S2/c1-14-12-29-22(23-14)17-4-6-19(7-5-17)28-11-21(25)20-10-15(2)24(16(20)3)18-8-9-30(26,27)13-18/h4-7,10,12,18H,8-9,11,13H2,1-3H3/t18-/m1/s1. The number of Topliss-reactive ketones (excluding diaryl/α,β-unsaturated/α-hetero) is 1. The fraction of sp³-hybridized carbons (Fsp3) is 0.364. The van der Waals surface area contributed by atoms with Gasteiger partial charge in [0, 0.05) is 39.6 Å². The van der Waals surface area contributed by atoms with E-state index in [-0.39, 0.29) is 29.9 Å². The average Bonchev–Trinajstić information content (AvgIpc) is 3.37. The SMILES string of the molecule is Cc1csc(-c2ccc(OCC(=O)c3cc(C)n([C@@H]4CCS(=O)(=O)C4)c3C)cc2)n1. The zero-order valence-electron chi connectivity index (χ0n) is 17.2. The first kappa shape index (κ1) is 20.8. The minimum atomic E-state index is -2.99. The maximum atomic E-state index is 12.8. The van der Waals surface area contributed by atoms with E-state index in [9.17, 15) is 13.2 Å². The van der Waals surface area contributed by atoms with Crippen LogP contribution in [0.15, 0.2) is 35.7 Å². The number of aromatic nitrogens is 2. The van der Waals surface area contributed by atoms with Crippen LogP contribution in [0.5, 0.6) is 5.75 Å². The molecule has 0 aliphatic carbocycles. The highest BCUT2D eigenvalue weighted by Crippen LogP contribution is 2.30. The van der Waals surface area contributed by atoms with Crippen LogP contribution in [0.4, 0.5) is 0 Å². The van der Waals surface area contributed by atoms with Crippen LogP contribution in [0.2, 0.25) is 0 Å². The van der Waals surface area contributed by atoms with E-state index < -0.39 is 9.84 Å².